The van der Waals surface area contributed by atoms with E-state index in [1.807, 2.05) is 55.5 Å². The van der Waals surface area contributed by atoms with Gasteiger partial charge in [0.15, 0.2) is 5.11 Å². The lowest BCUT2D eigenvalue weighted by molar-refractivity contribution is -0.119. The molecule has 8 heteroatoms. The number of carbonyl (C=O) groups excluding carboxylic acids is 1. The Morgan fingerprint density at radius 3 is 2.65 bits per heavy atom. The van der Waals surface area contributed by atoms with Gasteiger partial charge in [-0.25, -0.2) is 4.98 Å². The molecular formula is C23H18Cl2N4OS. The number of aromatic nitrogens is 2. The number of benzene rings is 3. The standard InChI is InChI=1S/C23H18Cl2N4OS/c1-13-9-19-20(12-18(13)25)28-22(27-19)15-3-2-4-17(11-15)26-23(31)29-21(30)10-14-5-7-16(24)8-6-14/h2-9,11-12H,10H2,1H3,(H,27,28)(H2,26,29,30,31). The minimum atomic E-state index is -0.208. The molecule has 0 spiro atoms. The number of aryl methyl sites for hydroxylation is 1. The number of hydrogen-bond acceptors (Lipinski definition) is 3. The zero-order chi connectivity index (χ0) is 22.0. The van der Waals surface area contributed by atoms with Crippen LogP contribution in [-0.2, 0) is 11.2 Å². The van der Waals surface area contributed by atoms with E-state index < -0.39 is 0 Å². The molecule has 4 rings (SSSR count). The van der Waals surface area contributed by atoms with Gasteiger partial charge in [-0.05, 0) is 66.7 Å². The monoisotopic (exact) mass is 468 g/mol. The summed E-state index contributed by atoms with van der Waals surface area (Å²) in [6.45, 7) is 1.95. The lowest BCUT2D eigenvalue weighted by Gasteiger charge is -2.10. The second kappa shape index (κ2) is 9.06. The van der Waals surface area contributed by atoms with E-state index in [2.05, 4.69) is 20.6 Å². The Kier molecular flexibility index (Phi) is 6.23. The van der Waals surface area contributed by atoms with Crippen LogP contribution < -0.4 is 10.6 Å². The van der Waals surface area contributed by atoms with Crippen LogP contribution in [-0.4, -0.2) is 21.0 Å². The Morgan fingerprint density at radius 2 is 1.87 bits per heavy atom. The first-order valence-electron chi connectivity index (χ1n) is 9.49. The van der Waals surface area contributed by atoms with Crippen LogP contribution in [0, 0.1) is 6.92 Å². The predicted octanol–water partition coefficient (Wildman–Crippen LogP) is 5.90. The lowest BCUT2D eigenvalue weighted by Crippen LogP contribution is -2.35. The van der Waals surface area contributed by atoms with E-state index in [9.17, 15) is 4.79 Å². The molecule has 0 aliphatic carbocycles. The molecular weight excluding hydrogens is 451 g/mol. The molecule has 1 aromatic heterocycles. The van der Waals surface area contributed by atoms with Crippen LogP contribution in [0.25, 0.3) is 22.4 Å². The number of fused-ring (bicyclic) bond motifs is 1. The number of H-pyrrole nitrogens is 1. The number of carbonyl (C=O) groups is 1. The molecule has 0 atom stereocenters. The Labute approximate surface area is 194 Å². The first-order valence-corrected chi connectivity index (χ1v) is 10.7. The van der Waals surface area contributed by atoms with Crippen LogP contribution in [0.2, 0.25) is 10.0 Å². The molecule has 4 aromatic rings. The Morgan fingerprint density at radius 1 is 1.10 bits per heavy atom. The molecule has 0 bridgehead atoms. The number of halogens is 2. The quantitative estimate of drug-likeness (QED) is 0.326. The molecule has 0 saturated heterocycles. The molecule has 0 fully saturated rings. The molecule has 3 aromatic carbocycles. The minimum Gasteiger partial charge on any atom is -0.338 e. The van der Waals surface area contributed by atoms with E-state index in [1.54, 1.807) is 12.1 Å². The number of amides is 1. The van der Waals surface area contributed by atoms with Gasteiger partial charge in [-0.3, -0.25) is 4.79 Å². The van der Waals surface area contributed by atoms with Gasteiger partial charge in [-0.2, -0.15) is 0 Å². The van der Waals surface area contributed by atoms with Crippen LogP contribution in [0.3, 0.4) is 0 Å². The number of thiocarbonyl (C=S) groups is 1. The van der Waals surface area contributed by atoms with Gasteiger partial charge in [-0.15, -0.1) is 0 Å². The summed E-state index contributed by atoms with van der Waals surface area (Å²) in [5.74, 6) is 0.513. The third-order valence-corrected chi connectivity index (χ3v) is 5.55. The average molecular weight is 469 g/mol. The van der Waals surface area contributed by atoms with Crippen molar-refractivity contribution >= 4 is 63.2 Å². The SMILES string of the molecule is Cc1cc2[nH]c(-c3cccc(NC(=S)NC(=O)Cc4ccc(Cl)cc4)c3)nc2cc1Cl. The van der Waals surface area contributed by atoms with Gasteiger partial charge in [0.1, 0.15) is 5.82 Å². The summed E-state index contributed by atoms with van der Waals surface area (Å²) in [7, 11) is 0. The fraction of sp³-hybridized carbons (Fsp3) is 0.0870. The van der Waals surface area contributed by atoms with Gasteiger partial charge in [0.05, 0.1) is 17.5 Å². The second-order valence-electron chi connectivity index (χ2n) is 7.09. The molecule has 1 heterocycles. The smallest absolute Gasteiger partial charge is 0.230 e. The summed E-state index contributed by atoms with van der Waals surface area (Å²) in [4.78, 5) is 20.2. The highest BCUT2D eigenvalue weighted by atomic mass is 35.5. The highest BCUT2D eigenvalue weighted by Gasteiger charge is 2.10. The Balaban J connectivity index is 1.44. The zero-order valence-corrected chi connectivity index (χ0v) is 18.8. The Hall–Kier alpha value is -2.93. The molecule has 0 aliphatic rings. The fourth-order valence-corrected chi connectivity index (χ4v) is 3.66. The second-order valence-corrected chi connectivity index (χ2v) is 8.34. The number of aromatic amines is 1. The maximum atomic E-state index is 12.2. The van der Waals surface area contributed by atoms with Crippen LogP contribution >= 0.6 is 35.4 Å². The van der Waals surface area contributed by atoms with Crippen LogP contribution in [0.5, 0.6) is 0 Å². The lowest BCUT2D eigenvalue weighted by atomic mass is 10.1. The van der Waals surface area contributed by atoms with Gasteiger partial charge in [-0.1, -0.05) is 47.5 Å². The third kappa shape index (κ3) is 5.22. The van der Waals surface area contributed by atoms with Gasteiger partial charge < -0.3 is 15.6 Å². The van der Waals surface area contributed by atoms with Crippen LogP contribution in [0.15, 0.2) is 60.7 Å². The Bertz CT molecular complexity index is 1250. The van der Waals surface area contributed by atoms with Gasteiger partial charge in [0.25, 0.3) is 0 Å². The molecule has 1 amide bonds. The van der Waals surface area contributed by atoms with Crippen molar-refractivity contribution in [2.75, 3.05) is 5.32 Å². The number of nitrogens with one attached hydrogen (secondary N) is 3. The number of anilines is 1. The normalized spacial score (nSPS) is 10.8. The van der Waals surface area contributed by atoms with Crippen molar-refractivity contribution < 1.29 is 4.79 Å². The number of rotatable bonds is 4. The molecule has 0 unspecified atom stereocenters. The van der Waals surface area contributed by atoms with E-state index in [4.69, 9.17) is 35.4 Å². The number of hydrogen-bond donors (Lipinski definition) is 3. The molecule has 0 saturated carbocycles. The predicted molar refractivity (Wildman–Crippen MR) is 131 cm³/mol. The fourth-order valence-electron chi connectivity index (χ4n) is 3.14. The van der Waals surface area contributed by atoms with E-state index in [1.165, 1.54) is 0 Å². The highest BCUT2D eigenvalue weighted by Crippen LogP contribution is 2.26. The summed E-state index contributed by atoms with van der Waals surface area (Å²) in [6, 6.07) is 18.5. The van der Waals surface area contributed by atoms with Gasteiger partial charge in [0, 0.05) is 21.3 Å². The molecule has 0 radical (unpaired) electrons. The van der Waals surface area contributed by atoms with Crippen molar-refractivity contribution in [3.63, 3.8) is 0 Å². The minimum absolute atomic E-state index is 0.208. The summed E-state index contributed by atoms with van der Waals surface area (Å²) < 4.78 is 0. The topological polar surface area (TPSA) is 69.8 Å². The molecule has 0 aliphatic heterocycles. The summed E-state index contributed by atoms with van der Waals surface area (Å²) >= 11 is 17.4. The maximum Gasteiger partial charge on any atom is 0.230 e. The maximum absolute atomic E-state index is 12.2. The molecule has 3 N–H and O–H groups in total. The van der Waals surface area contributed by atoms with Crippen LogP contribution in [0.1, 0.15) is 11.1 Å². The van der Waals surface area contributed by atoms with Gasteiger partial charge >= 0.3 is 0 Å². The third-order valence-electron chi connectivity index (χ3n) is 4.69. The van der Waals surface area contributed by atoms with Crippen molar-refractivity contribution in [2.24, 2.45) is 0 Å². The summed E-state index contributed by atoms with van der Waals surface area (Å²) in [5.41, 5.74) is 5.18. The molecule has 5 nitrogen and oxygen atoms in total. The molecule has 156 valence electrons. The van der Waals surface area contributed by atoms with E-state index in [-0.39, 0.29) is 17.4 Å². The first-order chi connectivity index (χ1) is 14.9. The van der Waals surface area contributed by atoms with Crippen molar-refractivity contribution in [1.82, 2.24) is 15.3 Å². The van der Waals surface area contributed by atoms with Crippen molar-refractivity contribution in [3.05, 3.63) is 81.8 Å². The van der Waals surface area contributed by atoms with E-state index in [0.717, 1.165) is 39.2 Å². The van der Waals surface area contributed by atoms with Crippen molar-refractivity contribution in [3.8, 4) is 11.4 Å². The first kappa shape index (κ1) is 21.3. The van der Waals surface area contributed by atoms with E-state index in [0.29, 0.717) is 10.0 Å². The van der Waals surface area contributed by atoms with E-state index >= 15 is 0 Å². The van der Waals surface area contributed by atoms with Gasteiger partial charge in [0.2, 0.25) is 5.91 Å². The highest BCUT2D eigenvalue weighted by molar-refractivity contribution is 7.80. The number of imidazole rings is 1. The average Bonchev–Trinajstić information content (AvgIpc) is 3.13. The van der Waals surface area contributed by atoms with Crippen molar-refractivity contribution in [2.45, 2.75) is 13.3 Å². The van der Waals surface area contributed by atoms with Crippen molar-refractivity contribution in [1.29, 1.82) is 0 Å². The molecule has 31 heavy (non-hydrogen) atoms. The van der Waals surface area contributed by atoms with Crippen LogP contribution in [0.4, 0.5) is 5.69 Å². The zero-order valence-electron chi connectivity index (χ0n) is 16.5. The summed E-state index contributed by atoms with van der Waals surface area (Å²) in [5, 5.41) is 7.28. The largest absolute Gasteiger partial charge is 0.338 e. The summed E-state index contributed by atoms with van der Waals surface area (Å²) in [6.07, 6.45) is 0.208. The number of nitrogens with zero attached hydrogens (tertiary/aromatic N) is 1.